The van der Waals surface area contributed by atoms with Gasteiger partial charge in [0.1, 0.15) is 0 Å². The molecule has 2 bridgehead atoms. The third-order valence-corrected chi connectivity index (χ3v) is 4.95. The predicted octanol–water partition coefficient (Wildman–Crippen LogP) is 3.70. The third kappa shape index (κ3) is 1.86. The Kier molecular flexibility index (Phi) is 3.25. The van der Waals surface area contributed by atoms with Crippen LogP contribution in [0.4, 0.5) is 0 Å². The Hall–Kier alpha value is -0.560. The largest absolute Gasteiger partial charge is 0.392 e. The monoisotopic (exact) mass is 220 g/mol. The number of hydrogen-bond donors (Lipinski definition) is 1. The van der Waals surface area contributed by atoms with E-state index in [9.17, 15) is 0 Å². The summed E-state index contributed by atoms with van der Waals surface area (Å²) >= 11 is 0. The molecule has 0 saturated heterocycles. The smallest absolute Gasteiger partial charge is 0.0639 e. The molecule has 0 aromatic rings. The zero-order chi connectivity index (χ0) is 11.8. The zero-order valence-electron chi connectivity index (χ0n) is 10.8. The fraction of sp³-hybridized carbons (Fsp3) is 0.733. The lowest BCUT2D eigenvalue weighted by molar-refractivity contribution is -0.0312. The van der Waals surface area contributed by atoms with Crippen molar-refractivity contribution in [3.05, 3.63) is 23.3 Å². The van der Waals surface area contributed by atoms with Crippen molar-refractivity contribution >= 4 is 0 Å². The van der Waals surface area contributed by atoms with Crippen LogP contribution in [0.3, 0.4) is 0 Å². The lowest BCUT2D eigenvalue weighted by atomic mass is 9.47. The summed E-state index contributed by atoms with van der Waals surface area (Å²) in [6.45, 7) is 6.98. The van der Waals surface area contributed by atoms with Crippen LogP contribution < -0.4 is 0 Å². The predicted molar refractivity (Wildman–Crippen MR) is 68.2 cm³/mol. The molecule has 3 rings (SSSR count). The van der Waals surface area contributed by atoms with E-state index in [1.807, 2.05) is 6.92 Å². The number of allylic oxidation sites excluding steroid dienone is 3. The summed E-state index contributed by atoms with van der Waals surface area (Å²) in [5.74, 6) is 1.76. The zero-order valence-corrected chi connectivity index (χ0v) is 10.8. The van der Waals surface area contributed by atoms with E-state index in [0.29, 0.717) is 5.41 Å². The number of aliphatic hydroxyl groups is 1. The van der Waals surface area contributed by atoms with E-state index in [0.717, 1.165) is 23.8 Å². The Morgan fingerprint density at radius 1 is 1.62 bits per heavy atom. The van der Waals surface area contributed by atoms with Gasteiger partial charge in [0.05, 0.1) is 6.61 Å². The van der Waals surface area contributed by atoms with Crippen molar-refractivity contribution in [2.45, 2.75) is 46.5 Å². The topological polar surface area (TPSA) is 20.2 Å². The molecule has 90 valence electrons. The highest BCUT2D eigenvalue weighted by molar-refractivity contribution is 5.22. The van der Waals surface area contributed by atoms with Crippen molar-refractivity contribution in [2.24, 2.45) is 17.3 Å². The van der Waals surface area contributed by atoms with Crippen LogP contribution in [-0.2, 0) is 0 Å². The molecule has 3 atom stereocenters. The van der Waals surface area contributed by atoms with E-state index >= 15 is 0 Å². The normalized spacial score (nSPS) is 38.0. The Morgan fingerprint density at radius 3 is 2.94 bits per heavy atom. The lowest BCUT2D eigenvalue weighted by Crippen LogP contribution is -2.49. The van der Waals surface area contributed by atoms with Crippen LogP contribution in [0.15, 0.2) is 23.3 Å². The van der Waals surface area contributed by atoms with Gasteiger partial charge in [-0.3, -0.25) is 0 Å². The van der Waals surface area contributed by atoms with Crippen LogP contribution >= 0.6 is 0 Å². The molecule has 1 nitrogen and oxygen atoms in total. The summed E-state index contributed by atoms with van der Waals surface area (Å²) in [5.41, 5.74) is 3.28. The van der Waals surface area contributed by atoms with Crippen molar-refractivity contribution in [1.29, 1.82) is 0 Å². The number of rotatable bonds is 4. The van der Waals surface area contributed by atoms with Gasteiger partial charge in [0.15, 0.2) is 0 Å². The first kappa shape index (κ1) is 11.9. The Morgan fingerprint density at radius 2 is 2.38 bits per heavy atom. The first-order valence-corrected chi connectivity index (χ1v) is 6.51. The standard InChI is InChI=1S/C15H24O/c1-11(10-16)5-4-8-15(3)13-7-6-12(2)14(15)9-13/h5-6,13-14,16H,4,7-10H2,1-3H3/b11-5-/t13-,14-,15+/m0/s1. The van der Waals surface area contributed by atoms with Crippen molar-refractivity contribution in [3.8, 4) is 0 Å². The maximum absolute atomic E-state index is 8.96. The van der Waals surface area contributed by atoms with Gasteiger partial charge < -0.3 is 5.11 Å². The quantitative estimate of drug-likeness (QED) is 0.716. The average Bonchev–Trinajstić information content (AvgIpc) is 2.28. The van der Waals surface area contributed by atoms with E-state index in [2.05, 4.69) is 26.0 Å². The van der Waals surface area contributed by atoms with Crippen LogP contribution in [0.2, 0.25) is 0 Å². The van der Waals surface area contributed by atoms with E-state index < -0.39 is 0 Å². The molecule has 3 aliphatic rings. The molecule has 0 aromatic carbocycles. The second-order valence-electron chi connectivity index (χ2n) is 5.92. The number of fused-ring (bicyclic) bond motifs is 1. The highest BCUT2D eigenvalue weighted by Gasteiger charge is 2.52. The minimum Gasteiger partial charge on any atom is -0.392 e. The van der Waals surface area contributed by atoms with Crippen molar-refractivity contribution in [1.82, 2.24) is 0 Å². The second kappa shape index (κ2) is 4.37. The molecule has 0 aliphatic heterocycles. The van der Waals surface area contributed by atoms with E-state index in [1.54, 1.807) is 5.57 Å². The Labute approximate surface area is 99.3 Å². The van der Waals surface area contributed by atoms with Gasteiger partial charge in [-0.25, -0.2) is 0 Å². The molecule has 16 heavy (non-hydrogen) atoms. The molecule has 0 unspecified atom stereocenters. The summed E-state index contributed by atoms with van der Waals surface area (Å²) in [5, 5.41) is 8.96. The van der Waals surface area contributed by atoms with Gasteiger partial charge in [-0.15, -0.1) is 0 Å². The molecule has 3 aliphatic carbocycles. The van der Waals surface area contributed by atoms with Crippen molar-refractivity contribution in [3.63, 3.8) is 0 Å². The molecular formula is C15H24O. The van der Waals surface area contributed by atoms with Crippen molar-refractivity contribution < 1.29 is 5.11 Å². The van der Waals surface area contributed by atoms with Gasteiger partial charge in [-0.05, 0) is 56.8 Å². The summed E-state index contributed by atoms with van der Waals surface area (Å²) < 4.78 is 0. The van der Waals surface area contributed by atoms with Crippen molar-refractivity contribution in [2.75, 3.05) is 6.61 Å². The fourth-order valence-corrected chi connectivity index (χ4v) is 3.56. The maximum Gasteiger partial charge on any atom is 0.0639 e. The molecule has 1 heteroatoms. The van der Waals surface area contributed by atoms with Gasteiger partial charge >= 0.3 is 0 Å². The van der Waals surface area contributed by atoms with Gasteiger partial charge in [0.25, 0.3) is 0 Å². The third-order valence-electron chi connectivity index (χ3n) is 4.95. The maximum atomic E-state index is 8.96. The van der Waals surface area contributed by atoms with E-state index in [-0.39, 0.29) is 6.61 Å². The van der Waals surface area contributed by atoms with Crippen LogP contribution in [0.25, 0.3) is 0 Å². The second-order valence-corrected chi connectivity index (χ2v) is 5.92. The minimum atomic E-state index is 0.211. The molecule has 0 spiro atoms. The molecule has 0 heterocycles. The first-order valence-electron chi connectivity index (χ1n) is 6.51. The van der Waals surface area contributed by atoms with Crippen LogP contribution in [-0.4, -0.2) is 11.7 Å². The molecule has 1 saturated carbocycles. The van der Waals surface area contributed by atoms with Gasteiger partial charge in [-0.2, -0.15) is 0 Å². The number of hydrogen-bond acceptors (Lipinski definition) is 1. The van der Waals surface area contributed by atoms with E-state index in [1.165, 1.54) is 19.3 Å². The summed E-state index contributed by atoms with van der Waals surface area (Å²) in [4.78, 5) is 0. The summed E-state index contributed by atoms with van der Waals surface area (Å²) in [7, 11) is 0. The van der Waals surface area contributed by atoms with E-state index in [4.69, 9.17) is 5.11 Å². The highest BCUT2D eigenvalue weighted by atomic mass is 16.3. The average molecular weight is 220 g/mol. The van der Waals surface area contributed by atoms with Gasteiger partial charge in [0, 0.05) is 0 Å². The van der Waals surface area contributed by atoms with Crippen LogP contribution in [0, 0.1) is 17.3 Å². The van der Waals surface area contributed by atoms with Gasteiger partial charge in [0.2, 0.25) is 0 Å². The SMILES string of the molecule is CC1=CC[C@H]2C[C@@H]1[C@]2(C)CC/C=C(/C)CO. The fourth-order valence-electron chi connectivity index (χ4n) is 3.56. The molecule has 0 amide bonds. The molecule has 1 fully saturated rings. The van der Waals surface area contributed by atoms with Gasteiger partial charge in [-0.1, -0.05) is 30.2 Å². The Bertz CT molecular complexity index is 326. The first-order chi connectivity index (χ1) is 7.58. The lowest BCUT2D eigenvalue weighted by Gasteiger charge is -2.58. The molecular weight excluding hydrogens is 196 g/mol. The molecule has 0 aromatic heterocycles. The highest BCUT2D eigenvalue weighted by Crippen LogP contribution is 2.61. The Balaban J connectivity index is 1.94. The summed E-state index contributed by atoms with van der Waals surface area (Å²) in [6, 6.07) is 0. The minimum absolute atomic E-state index is 0.211. The molecule has 0 radical (unpaired) electrons. The summed E-state index contributed by atoms with van der Waals surface area (Å²) in [6.07, 6.45) is 9.77. The van der Waals surface area contributed by atoms with Crippen LogP contribution in [0.5, 0.6) is 0 Å². The number of aliphatic hydroxyl groups excluding tert-OH is 1. The molecule has 1 N–H and O–H groups in total. The van der Waals surface area contributed by atoms with Crippen LogP contribution in [0.1, 0.15) is 46.5 Å².